The van der Waals surface area contributed by atoms with Crippen LogP contribution in [0.25, 0.3) is 0 Å². The molecule has 1 aliphatic heterocycles. The smallest absolute Gasteiger partial charge is 0.0980 e. The zero-order chi connectivity index (χ0) is 10.9. The molecule has 0 aromatic carbocycles. The molecular formula is C13H23NO. The minimum Gasteiger partial charge on any atom is -0.384 e. The van der Waals surface area contributed by atoms with Crippen molar-refractivity contribution in [2.24, 2.45) is 5.41 Å². The number of hydrogen-bond donors (Lipinski definition) is 2. The molecule has 1 saturated heterocycles. The standard InChI is InChI=1S/C13H23NO/c1-12(2)6-8-13(15,9-7-12)11-5-3-4-10-14-11/h6,8,11,14-15H,3-5,7,9-10H2,1-2H3. The van der Waals surface area contributed by atoms with Crippen LogP contribution in [0.4, 0.5) is 0 Å². The van der Waals surface area contributed by atoms with Crippen molar-refractivity contribution in [3.8, 4) is 0 Å². The quantitative estimate of drug-likeness (QED) is 0.649. The summed E-state index contributed by atoms with van der Waals surface area (Å²) in [5.74, 6) is 0. The molecule has 1 heterocycles. The van der Waals surface area contributed by atoms with Gasteiger partial charge >= 0.3 is 0 Å². The highest BCUT2D eigenvalue weighted by Crippen LogP contribution is 2.37. The number of nitrogens with one attached hydrogen (secondary N) is 1. The fourth-order valence-electron chi connectivity index (χ4n) is 2.63. The largest absolute Gasteiger partial charge is 0.384 e. The van der Waals surface area contributed by atoms with Crippen molar-refractivity contribution in [3.05, 3.63) is 12.2 Å². The van der Waals surface area contributed by atoms with Gasteiger partial charge in [0.15, 0.2) is 0 Å². The number of allylic oxidation sites excluding steroid dienone is 1. The second-order valence-electron chi connectivity index (χ2n) is 5.82. The lowest BCUT2D eigenvalue weighted by molar-refractivity contribution is 0.0142. The third kappa shape index (κ3) is 2.43. The first kappa shape index (κ1) is 11.2. The van der Waals surface area contributed by atoms with Crippen LogP contribution in [0.2, 0.25) is 0 Å². The Morgan fingerprint density at radius 3 is 2.53 bits per heavy atom. The van der Waals surface area contributed by atoms with E-state index in [2.05, 4.69) is 25.2 Å². The molecule has 2 nitrogen and oxygen atoms in total. The highest BCUT2D eigenvalue weighted by Gasteiger charge is 2.38. The van der Waals surface area contributed by atoms with Gasteiger partial charge in [-0.15, -0.1) is 0 Å². The van der Waals surface area contributed by atoms with Crippen molar-refractivity contribution < 1.29 is 5.11 Å². The van der Waals surface area contributed by atoms with E-state index in [9.17, 15) is 5.11 Å². The van der Waals surface area contributed by atoms with Crippen LogP contribution in [0, 0.1) is 5.41 Å². The first-order valence-corrected chi connectivity index (χ1v) is 6.18. The van der Waals surface area contributed by atoms with E-state index < -0.39 is 5.60 Å². The summed E-state index contributed by atoms with van der Waals surface area (Å²) in [7, 11) is 0. The lowest BCUT2D eigenvalue weighted by Crippen LogP contribution is -2.53. The molecule has 2 unspecified atom stereocenters. The minimum atomic E-state index is -0.587. The minimum absolute atomic E-state index is 0.265. The van der Waals surface area contributed by atoms with E-state index in [0.29, 0.717) is 0 Å². The fourth-order valence-corrected chi connectivity index (χ4v) is 2.63. The molecule has 0 aromatic heterocycles. The molecule has 0 spiro atoms. The Hall–Kier alpha value is -0.340. The van der Waals surface area contributed by atoms with Crippen LogP contribution >= 0.6 is 0 Å². The number of aliphatic hydroxyl groups is 1. The van der Waals surface area contributed by atoms with Gasteiger partial charge in [0, 0.05) is 6.04 Å². The van der Waals surface area contributed by atoms with Gasteiger partial charge in [0.25, 0.3) is 0 Å². The van der Waals surface area contributed by atoms with E-state index in [1.165, 1.54) is 12.8 Å². The molecule has 0 bridgehead atoms. The molecule has 2 heteroatoms. The first-order chi connectivity index (χ1) is 7.02. The lowest BCUT2D eigenvalue weighted by atomic mass is 9.73. The molecule has 1 aliphatic carbocycles. The third-order valence-electron chi connectivity index (χ3n) is 3.91. The summed E-state index contributed by atoms with van der Waals surface area (Å²) < 4.78 is 0. The Bertz CT molecular complexity index is 253. The molecule has 86 valence electrons. The van der Waals surface area contributed by atoms with Crippen LogP contribution in [0.15, 0.2) is 12.2 Å². The highest BCUT2D eigenvalue weighted by molar-refractivity contribution is 5.15. The second kappa shape index (κ2) is 3.91. The van der Waals surface area contributed by atoms with Gasteiger partial charge in [0.05, 0.1) is 5.60 Å². The van der Waals surface area contributed by atoms with Gasteiger partial charge in [-0.05, 0) is 37.6 Å². The van der Waals surface area contributed by atoms with E-state index in [0.717, 1.165) is 25.8 Å². The van der Waals surface area contributed by atoms with Crippen molar-refractivity contribution >= 4 is 0 Å². The first-order valence-electron chi connectivity index (χ1n) is 6.18. The topological polar surface area (TPSA) is 32.3 Å². The van der Waals surface area contributed by atoms with Gasteiger partial charge in [-0.3, -0.25) is 0 Å². The highest BCUT2D eigenvalue weighted by atomic mass is 16.3. The average Bonchev–Trinajstić information content (AvgIpc) is 2.24. The van der Waals surface area contributed by atoms with Gasteiger partial charge in [-0.1, -0.05) is 32.4 Å². The van der Waals surface area contributed by atoms with Crippen LogP contribution < -0.4 is 5.32 Å². The number of hydrogen-bond acceptors (Lipinski definition) is 2. The van der Waals surface area contributed by atoms with Crippen molar-refractivity contribution in [2.75, 3.05) is 6.54 Å². The normalized spacial score (nSPS) is 40.3. The van der Waals surface area contributed by atoms with Crippen molar-refractivity contribution in [1.82, 2.24) is 5.32 Å². The van der Waals surface area contributed by atoms with Gasteiger partial charge in [-0.25, -0.2) is 0 Å². The van der Waals surface area contributed by atoms with Crippen molar-refractivity contribution in [3.63, 3.8) is 0 Å². The van der Waals surface area contributed by atoms with E-state index >= 15 is 0 Å². The molecule has 2 aliphatic rings. The van der Waals surface area contributed by atoms with Crippen LogP contribution in [-0.4, -0.2) is 23.3 Å². The Labute approximate surface area is 92.8 Å². The fraction of sp³-hybridized carbons (Fsp3) is 0.846. The molecule has 2 rings (SSSR count). The van der Waals surface area contributed by atoms with Gasteiger partial charge in [0.2, 0.25) is 0 Å². The lowest BCUT2D eigenvalue weighted by Gasteiger charge is -2.42. The van der Waals surface area contributed by atoms with Crippen LogP contribution in [-0.2, 0) is 0 Å². The molecular weight excluding hydrogens is 186 g/mol. The molecule has 2 atom stereocenters. The Kier molecular flexibility index (Phi) is 2.91. The van der Waals surface area contributed by atoms with Crippen LogP contribution in [0.3, 0.4) is 0 Å². The maximum Gasteiger partial charge on any atom is 0.0980 e. The molecule has 1 fully saturated rings. The molecule has 0 aromatic rings. The summed E-state index contributed by atoms with van der Waals surface area (Å²) in [5.41, 5.74) is -0.323. The Morgan fingerprint density at radius 2 is 2.00 bits per heavy atom. The summed E-state index contributed by atoms with van der Waals surface area (Å²) in [5, 5.41) is 14.0. The van der Waals surface area contributed by atoms with E-state index in [-0.39, 0.29) is 11.5 Å². The van der Waals surface area contributed by atoms with Gasteiger partial charge in [0.1, 0.15) is 0 Å². The monoisotopic (exact) mass is 209 g/mol. The van der Waals surface area contributed by atoms with Crippen LogP contribution in [0.1, 0.15) is 46.0 Å². The third-order valence-corrected chi connectivity index (χ3v) is 3.91. The summed E-state index contributed by atoms with van der Waals surface area (Å²) in [4.78, 5) is 0. The molecule has 2 N–H and O–H groups in total. The molecule has 15 heavy (non-hydrogen) atoms. The summed E-state index contributed by atoms with van der Waals surface area (Å²) in [6, 6.07) is 0.276. The molecule has 0 amide bonds. The zero-order valence-electron chi connectivity index (χ0n) is 9.92. The maximum atomic E-state index is 10.6. The summed E-state index contributed by atoms with van der Waals surface area (Å²) >= 11 is 0. The number of rotatable bonds is 1. The SMILES string of the molecule is CC1(C)C=CC(O)(C2CCCCN2)CC1. The van der Waals surface area contributed by atoms with Crippen molar-refractivity contribution in [1.29, 1.82) is 0 Å². The summed E-state index contributed by atoms with van der Waals surface area (Å²) in [6.07, 6.45) is 9.82. The Balaban J connectivity index is 2.07. The van der Waals surface area contributed by atoms with E-state index in [1.54, 1.807) is 0 Å². The predicted octanol–water partition coefficient (Wildman–Crippen LogP) is 2.24. The Morgan fingerprint density at radius 1 is 1.20 bits per heavy atom. The zero-order valence-corrected chi connectivity index (χ0v) is 9.92. The van der Waals surface area contributed by atoms with Crippen LogP contribution in [0.5, 0.6) is 0 Å². The molecule has 0 saturated carbocycles. The van der Waals surface area contributed by atoms with Crippen molar-refractivity contribution in [2.45, 2.75) is 57.6 Å². The number of piperidine rings is 1. The van der Waals surface area contributed by atoms with E-state index in [1.807, 2.05) is 6.08 Å². The average molecular weight is 209 g/mol. The maximum absolute atomic E-state index is 10.6. The molecule has 0 radical (unpaired) electrons. The van der Waals surface area contributed by atoms with E-state index in [4.69, 9.17) is 0 Å². The van der Waals surface area contributed by atoms with Gasteiger partial charge in [-0.2, -0.15) is 0 Å². The second-order valence-corrected chi connectivity index (χ2v) is 5.82. The predicted molar refractivity (Wildman–Crippen MR) is 62.7 cm³/mol. The van der Waals surface area contributed by atoms with Gasteiger partial charge < -0.3 is 10.4 Å². The summed E-state index contributed by atoms with van der Waals surface area (Å²) in [6.45, 7) is 5.53.